The molecule has 0 spiro atoms. The average molecular weight is 293 g/mol. The predicted molar refractivity (Wildman–Crippen MR) is 84.5 cm³/mol. The molecule has 0 radical (unpaired) electrons. The van der Waals surface area contributed by atoms with Crippen molar-refractivity contribution in [1.29, 1.82) is 0 Å². The van der Waals surface area contributed by atoms with Crippen molar-refractivity contribution in [1.82, 2.24) is 5.32 Å². The summed E-state index contributed by atoms with van der Waals surface area (Å²) in [4.78, 5) is 12.1. The van der Waals surface area contributed by atoms with E-state index in [1.165, 1.54) is 0 Å². The monoisotopic (exact) mass is 293 g/mol. The summed E-state index contributed by atoms with van der Waals surface area (Å²) in [6.45, 7) is 6.99. The molecule has 0 aliphatic carbocycles. The third-order valence-corrected chi connectivity index (χ3v) is 3.56. The van der Waals surface area contributed by atoms with Crippen LogP contribution in [0, 0.1) is 12.3 Å². The minimum Gasteiger partial charge on any atom is -0.496 e. The number of ether oxygens (including phenoxy) is 1. The van der Waals surface area contributed by atoms with Gasteiger partial charge in [0.1, 0.15) is 5.75 Å². The van der Waals surface area contributed by atoms with Crippen LogP contribution in [0.5, 0.6) is 5.75 Å². The van der Waals surface area contributed by atoms with E-state index < -0.39 is 0 Å². The number of amides is 1. The van der Waals surface area contributed by atoms with Gasteiger partial charge in [-0.2, -0.15) is 0 Å². The van der Waals surface area contributed by atoms with Gasteiger partial charge in [-0.15, -0.1) is 0 Å². The molecule has 0 heterocycles. The summed E-state index contributed by atoms with van der Waals surface area (Å²) in [6, 6.07) is 5.84. The van der Waals surface area contributed by atoms with Gasteiger partial charge in [0.2, 0.25) is 5.91 Å². The maximum Gasteiger partial charge on any atom is 0.224 e. The van der Waals surface area contributed by atoms with Gasteiger partial charge in [0.05, 0.1) is 13.5 Å². The molecular weight excluding hydrogens is 266 g/mol. The molecular formula is C17H27NO3. The third kappa shape index (κ3) is 6.17. The summed E-state index contributed by atoms with van der Waals surface area (Å²) < 4.78 is 5.29. The van der Waals surface area contributed by atoms with Crippen molar-refractivity contribution in [3.05, 3.63) is 29.3 Å². The number of hydrogen-bond acceptors (Lipinski definition) is 3. The largest absolute Gasteiger partial charge is 0.496 e. The van der Waals surface area contributed by atoms with E-state index in [2.05, 4.69) is 19.2 Å². The van der Waals surface area contributed by atoms with Crippen molar-refractivity contribution in [2.75, 3.05) is 20.3 Å². The molecule has 2 N–H and O–H groups in total. The van der Waals surface area contributed by atoms with Crippen molar-refractivity contribution >= 4 is 5.91 Å². The van der Waals surface area contributed by atoms with Crippen LogP contribution in [0.15, 0.2) is 18.2 Å². The van der Waals surface area contributed by atoms with Crippen LogP contribution in [0.2, 0.25) is 0 Å². The number of benzene rings is 1. The van der Waals surface area contributed by atoms with Gasteiger partial charge >= 0.3 is 0 Å². The Morgan fingerprint density at radius 2 is 2.10 bits per heavy atom. The Morgan fingerprint density at radius 3 is 2.71 bits per heavy atom. The zero-order valence-electron chi connectivity index (χ0n) is 13.5. The molecule has 0 atom stereocenters. The van der Waals surface area contributed by atoms with Gasteiger partial charge in [-0.3, -0.25) is 4.79 Å². The minimum absolute atomic E-state index is 0.00373. The second kappa shape index (κ2) is 8.03. The Morgan fingerprint density at radius 1 is 1.38 bits per heavy atom. The number of rotatable bonds is 8. The number of aryl methyl sites for hydroxylation is 1. The predicted octanol–water partition coefficient (Wildman–Crippen LogP) is 2.46. The average Bonchev–Trinajstić information content (AvgIpc) is 2.43. The van der Waals surface area contributed by atoms with Gasteiger partial charge in [0.25, 0.3) is 0 Å². The molecule has 1 aromatic carbocycles. The second-order valence-electron chi connectivity index (χ2n) is 6.26. The first-order valence-electron chi connectivity index (χ1n) is 7.39. The molecule has 0 aliphatic rings. The highest BCUT2D eigenvalue weighted by Crippen LogP contribution is 2.22. The van der Waals surface area contributed by atoms with E-state index in [1.54, 1.807) is 7.11 Å². The van der Waals surface area contributed by atoms with Gasteiger partial charge in [-0.25, -0.2) is 0 Å². The lowest BCUT2D eigenvalue weighted by molar-refractivity contribution is -0.120. The second-order valence-corrected chi connectivity index (χ2v) is 6.26. The van der Waals surface area contributed by atoms with Gasteiger partial charge < -0.3 is 15.2 Å². The third-order valence-electron chi connectivity index (χ3n) is 3.56. The summed E-state index contributed by atoms with van der Waals surface area (Å²) in [5, 5.41) is 11.9. The lowest BCUT2D eigenvalue weighted by Crippen LogP contribution is -2.35. The Balaban J connectivity index is 2.56. The fourth-order valence-corrected chi connectivity index (χ4v) is 2.26. The number of nitrogens with one attached hydrogen (secondary N) is 1. The van der Waals surface area contributed by atoms with Gasteiger partial charge in [0, 0.05) is 18.7 Å². The van der Waals surface area contributed by atoms with Crippen molar-refractivity contribution in [3.63, 3.8) is 0 Å². The normalized spacial score (nSPS) is 11.3. The Kier molecular flexibility index (Phi) is 6.69. The maximum absolute atomic E-state index is 12.1. The number of aliphatic hydroxyl groups is 1. The molecule has 0 saturated carbocycles. The Hall–Kier alpha value is -1.55. The van der Waals surface area contributed by atoms with E-state index in [0.717, 1.165) is 29.7 Å². The van der Waals surface area contributed by atoms with Crippen molar-refractivity contribution in [2.24, 2.45) is 5.41 Å². The van der Waals surface area contributed by atoms with Crippen LogP contribution >= 0.6 is 0 Å². The van der Waals surface area contributed by atoms with Gasteiger partial charge in [-0.05, 0) is 31.2 Å². The number of hydrogen-bond donors (Lipinski definition) is 2. The first-order chi connectivity index (χ1) is 9.88. The number of carbonyl (C=O) groups excluding carboxylic acids is 1. The number of methoxy groups -OCH3 is 1. The van der Waals surface area contributed by atoms with Crippen LogP contribution in [0.4, 0.5) is 0 Å². The van der Waals surface area contributed by atoms with E-state index in [9.17, 15) is 4.79 Å². The van der Waals surface area contributed by atoms with Crippen molar-refractivity contribution in [3.8, 4) is 5.75 Å². The highest BCUT2D eigenvalue weighted by atomic mass is 16.5. The molecule has 4 heteroatoms. The molecule has 0 unspecified atom stereocenters. The Bertz CT molecular complexity index is 469. The van der Waals surface area contributed by atoms with Crippen molar-refractivity contribution < 1.29 is 14.6 Å². The lowest BCUT2D eigenvalue weighted by atomic mass is 9.88. The molecule has 1 aromatic rings. The van der Waals surface area contributed by atoms with Crippen LogP contribution in [0.3, 0.4) is 0 Å². The summed E-state index contributed by atoms with van der Waals surface area (Å²) in [6.07, 6.45) is 1.97. The maximum atomic E-state index is 12.1. The molecule has 4 nitrogen and oxygen atoms in total. The number of carbonyl (C=O) groups is 1. The highest BCUT2D eigenvalue weighted by Gasteiger charge is 2.18. The minimum atomic E-state index is -0.00488. The smallest absolute Gasteiger partial charge is 0.224 e. The summed E-state index contributed by atoms with van der Waals surface area (Å²) >= 11 is 0. The summed E-state index contributed by atoms with van der Waals surface area (Å²) in [5.74, 6) is 0.742. The zero-order valence-corrected chi connectivity index (χ0v) is 13.5. The molecule has 1 amide bonds. The molecule has 0 fully saturated rings. The molecule has 21 heavy (non-hydrogen) atoms. The molecule has 0 aliphatic heterocycles. The van der Waals surface area contributed by atoms with Gasteiger partial charge in [0.15, 0.2) is 0 Å². The summed E-state index contributed by atoms with van der Waals surface area (Å²) in [7, 11) is 1.62. The van der Waals surface area contributed by atoms with E-state index >= 15 is 0 Å². The van der Waals surface area contributed by atoms with E-state index in [4.69, 9.17) is 9.84 Å². The standard InChI is InChI=1S/C17H27NO3/c1-13-6-7-15(21-4)14(10-13)11-16(20)18-12-17(2,3)8-5-9-19/h6-7,10,19H,5,8-9,11-12H2,1-4H3,(H,18,20). The molecule has 0 bridgehead atoms. The highest BCUT2D eigenvalue weighted by molar-refractivity contribution is 5.79. The lowest BCUT2D eigenvalue weighted by Gasteiger charge is -2.24. The topological polar surface area (TPSA) is 58.6 Å². The molecule has 0 aromatic heterocycles. The van der Waals surface area contributed by atoms with Crippen LogP contribution in [-0.2, 0) is 11.2 Å². The first kappa shape index (κ1) is 17.5. The summed E-state index contributed by atoms with van der Waals surface area (Å²) in [5.41, 5.74) is 2.01. The van der Waals surface area contributed by atoms with Crippen molar-refractivity contribution in [2.45, 2.75) is 40.0 Å². The molecule has 1 rings (SSSR count). The van der Waals surface area contributed by atoms with E-state index in [0.29, 0.717) is 13.0 Å². The van der Waals surface area contributed by atoms with Crippen LogP contribution in [-0.4, -0.2) is 31.3 Å². The van der Waals surface area contributed by atoms with E-state index in [1.807, 2.05) is 25.1 Å². The molecule has 0 saturated heterocycles. The quantitative estimate of drug-likeness (QED) is 0.774. The van der Waals surface area contributed by atoms with Gasteiger partial charge in [-0.1, -0.05) is 31.5 Å². The van der Waals surface area contributed by atoms with Crippen LogP contribution in [0.25, 0.3) is 0 Å². The van der Waals surface area contributed by atoms with Crippen LogP contribution in [0.1, 0.15) is 37.8 Å². The zero-order chi connectivity index (χ0) is 15.9. The first-order valence-corrected chi connectivity index (χ1v) is 7.39. The number of aliphatic hydroxyl groups excluding tert-OH is 1. The Labute approximate surface area is 127 Å². The fourth-order valence-electron chi connectivity index (χ4n) is 2.26. The SMILES string of the molecule is COc1ccc(C)cc1CC(=O)NCC(C)(C)CCCO. The fraction of sp³-hybridized carbons (Fsp3) is 0.588. The van der Waals surface area contributed by atoms with E-state index in [-0.39, 0.29) is 17.9 Å². The molecule has 118 valence electrons. The van der Waals surface area contributed by atoms with Crippen LogP contribution < -0.4 is 10.1 Å².